The minimum absolute atomic E-state index is 0.736. The van der Waals surface area contributed by atoms with Crippen molar-refractivity contribution in [1.29, 1.82) is 0 Å². The van der Waals surface area contributed by atoms with Gasteiger partial charge in [-0.05, 0) is 12.2 Å². The first kappa shape index (κ1) is 5.95. The van der Waals surface area contributed by atoms with Crippen LogP contribution in [0.15, 0.2) is 34.4 Å². The molecule has 0 fully saturated rings. The van der Waals surface area contributed by atoms with Crippen molar-refractivity contribution in [2.75, 3.05) is 7.05 Å². The highest BCUT2D eigenvalue weighted by molar-refractivity contribution is 6.12. The monoisotopic (exact) mass is 120 g/mol. The Kier molecular flexibility index (Phi) is 1.58. The Bertz CT molecular complexity index is 209. The zero-order valence-electron chi connectivity index (χ0n) is 5.33. The number of hydrogen-bond acceptors (Lipinski definition) is 2. The quantitative estimate of drug-likeness (QED) is 0.459. The van der Waals surface area contributed by atoms with E-state index < -0.39 is 0 Å². The summed E-state index contributed by atoms with van der Waals surface area (Å²) in [7, 11) is 1.73. The molecule has 2 heteroatoms. The van der Waals surface area contributed by atoms with Crippen molar-refractivity contribution >= 4 is 11.9 Å². The third kappa shape index (κ3) is 1.13. The van der Waals surface area contributed by atoms with Gasteiger partial charge in [0.15, 0.2) is 0 Å². The SMILES string of the molecule is C=C1N=CC=CC1=NC. The molecule has 46 valence electrons. The predicted molar refractivity (Wildman–Crippen MR) is 40.1 cm³/mol. The molecule has 1 aliphatic rings. The van der Waals surface area contributed by atoms with E-state index in [1.165, 1.54) is 0 Å². The summed E-state index contributed by atoms with van der Waals surface area (Å²) in [6.45, 7) is 3.69. The summed E-state index contributed by atoms with van der Waals surface area (Å²) in [6, 6.07) is 0. The van der Waals surface area contributed by atoms with Crippen LogP contribution in [0.2, 0.25) is 0 Å². The van der Waals surface area contributed by atoms with Crippen LogP contribution in [0.5, 0.6) is 0 Å². The van der Waals surface area contributed by atoms with Crippen LogP contribution in [-0.2, 0) is 0 Å². The molecule has 0 atom stereocenters. The van der Waals surface area contributed by atoms with E-state index in [0.29, 0.717) is 0 Å². The Balaban J connectivity index is 2.91. The Morgan fingerprint density at radius 2 is 2.44 bits per heavy atom. The predicted octanol–water partition coefficient (Wildman–Crippen LogP) is 1.21. The Morgan fingerprint density at radius 1 is 1.67 bits per heavy atom. The lowest BCUT2D eigenvalue weighted by Gasteiger charge is -2.00. The van der Waals surface area contributed by atoms with Crippen LogP contribution in [0.4, 0.5) is 0 Å². The van der Waals surface area contributed by atoms with E-state index in [9.17, 15) is 0 Å². The molecule has 0 spiro atoms. The number of allylic oxidation sites excluding steroid dienone is 2. The molecule has 0 bridgehead atoms. The Labute approximate surface area is 54.3 Å². The maximum Gasteiger partial charge on any atom is 0.0821 e. The summed E-state index contributed by atoms with van der Waals surface area (Å²) in [5.74, 6) is 0. The number of dihydropyridines is 1. The van der Waals surface area contributed by atoms with Gasteiger partial charge in [0.1, 0.15) is 0 Å². The number of nitrogens with zero attached hydrogens (tertiary/aromatic N) is 2. The van der Waals surface area contributed by atoms with Gasteiger partial charge in [-0.25, -0.2) is 0 Å². The molecule has 2 nitrogen and oxygen atoms in total. The average Bonchev–Trinajstić information content (AvgIpc) is 1.89. The minimum Gasteiger partial charge on any atom is -0.286 e. The second-order valence-corrected chi connectivity index (χ2v) is 1.69. The maximum atomic E-state index is 3.95. The molecule has 1 heterocycles. The smallest absolute Gasteiger partial charge is 0.0821 e. The van der Waals surface area contributed by atoms with Crippen molar-refractivity contribution < 1.29 is 0 Å². The summed E-state index contributed by atoms with van der Waals surface area (Å²) in [4.78, 5) is 7.89. The van der Waals surface area contributed by atoms with E-state index in [4.69, 9.17) is 0 Å². The van der Waals surface area contributed by atoms with Gasteiger partial charge in [0.2, 0.25) is 0 Å². The van der Waals surface area contributed by atoms with Crippen molar-refractivity contribution in [3.8, 4) is 0 Å². The van der Waals surface area contributed by atoms with Gasteiger partial charge >= 0.3 is 0 Å². The number of aliphatic imine (C=N–C) groups is 2. The molecule has 0 radical (unpaired) electrons. The molecule has 0 aromatic heterocycles. The van der Waals surface area contributed by atoms with Gasteiger partial charge < -0.3 is 0 Å². The Morgan fingerprint density at radius 3 is 2.89 bits per heavy atom. The van der Waals surface area contributed by atoms with Crippen molar-refractivity contribution in [3.05, 3.63) is 24.4 Å². The second-order valence-electron chi connectivity index (χ2n) is 1.69. The fourth-order valence-electron chi connectivity index (χ4n) is 0.633. The Hall–Kier alpha value is -1.18. The largest absolute Gasteiger partial charge is 0.286 e. The second kappa shape index (κ2) is 2.40. The van der Waals surface area contributed by atoms with Crippen LogP contribution in [0.1, 0.15) is 0 Å². The zero-order valence-corrected chi connectivity index (χ0v) is 5.33. The summed E-state index contributed by atoms with van der Waals surface area (Å²) < 4.78 is 0. The topological polar surface area (TPSA) is 24.7 Å². The van der Waals surface area contributed by atoms with E-state index in [2.05, 4.69) is 16.6 Å². The molecule has 0 aliphatic carbocycles. The third-order valence-corrected chi connectivity index (χ3v) is 1.11. The molecule has 0 unspecified atom stereocenters. The molecule has 0 aromatic carbocycles. The van der Waals surface area contributed by atoms with Crippen molar-refractivity contribution in [2.24, 2.45) is 9.98 Å². The summed E-state index contributed by atoms with van der Waals surface area (Å²) >= 11 is 0. The molecule has 0 N–H and O–H groups in total. The molecule has 0 amide bonds. The van der Waals surface area contributed by atoms with Crippen LogP contribution in [-0.4, -0.2) is 19.0 Å². The maximum absolute atomic E-state index is 3.95. The molecule has 0 saturated heterocycles. The fraction of sp³-hybridized carbons (Fsp3) is 0.143. The van der Waals surface area contributed by atoms with Gasteiger partial charge in [0.25, 0.3) is 0 Å². The highest BCUT2D eigenvalue weighted by atomic mass is 14.8. The molecule has 0 saturated carbocycles. The van der Waals surface area contributed by atoms with E-state index in [0.717, 1.165) is 11.4 Å². The number of rotatable bonds is 0. The van der Waals surface area contributed by atoms with Crippen LogP contribution >= 0.6 is 0 Å². The third-order valence-electron chi connectivity index (χ3n) is 1.11. The van der Waals surface area contributed by atoms with Crippen molar-refractivity contribution in [2.45, 2.75) is 0 Å². The van der Waals surface area contributed by atoms with E-state index in [1.54, 1.807) is 13.3 Å². The van der Waals surface area contributed by atoms with E-state index >= 15 is 0 Å². The normalized spacial score (nSPS) is 21.4. The summed E-state index contributed by atoms with van der Waals surface area (Å²) in [5.41, 5.74) is 1.59. The minimum atomic E-state index is 0.736. The van der Waals surface area contributed by atoms with E-state index in [-0.39, 0.29) is 0 Å². The molecular formula is C7H8N2. The number of hydrogen-bond donors (Lipinski definition) is 0. The van der Waals surface area contributed by atoms with Gasteiger partial charge in [0.05, 0.1) is 11.4 Å². The van der Waals surface area contributed by atoms with Crippen LogP contribution in [0, 0.1) is 0 Å². The molecule has 9 heavy (non-hydrogen) atoms. The molecule has 0 aromatic rings. The van der Waals surface area contributed by atoms with E-state index in [1.807, 2.05) is 12.2 Å². The zero-order chi connectivity index (χ0) is 6.69. The van der Waals surface area contributed by atoms with Gasteiger partial charge in [-0.2, -0.15) is 0 Å². The lowest BCUT2D eigenvalue weighted by molar-refractivity contribution is 1.39. The highest BCUT2D eigenvalue weighted by Gasteiger charge is 1.98. The first-order valence-corrected chi connectivity index (χ1v) is 2.71. The molecule has 1 rings (SSSR count). The van der Waals surface area contributed by atoms with Crippen LogP contribution in [0.3, 0.4) is 0 Å². The van der Waals surface area contributed by atoms with Crippen LogP contribution in [0.25, 0.3) is 0 Å². The lowest BCUT2D eigenvalue weighted by atomic mass is 10.2. The van der Waals surface area contributed by atoms with Gasteiger partial charge in [0, 0.05) is 13.3 Å². The van der Waals surface area contributed by atoms with Gasteiger partial charge in [-0.1, -0.05) is 6.58 Å². The van der Waals surface area contributed by atoms with Crippen LogP contribution < -0.4 is 0 Å². The van der Waals surface area contributed by atoms with Gasteiger partial charge in [-0.15, -0.1) is 0 Å². The standard InChI is InChI=1S/C7H8N2/c1-6-7(8-2)4-3-5-9-6/h3-5H,1H2,2H3. The summed E-state index contributed by atoms with van der Waals surface area (Å²) in [5, 5.41) is 0. The highest BCUT2D eigenvalue weighted by Crippen LogP contribution is 2.01. The van der Waals surface area contributed by atoms with Gasteiger partial charge in [-0.3, -0.25) is 9.98 Å². The average molecular weight is 120 g/mol. The van der Waals surface area contributed by atoms with Crippen molar-refractivity contribution in [3.63, 3.8) is 0 Å². The molecular weight excluding hydrogens is 112 g/mol. The first-order valence-electron chi connectivity index (χ1n) is 2.71. The lowest BCUT2D eigenvalue weighted by Crippen LogP contribution is -1.98. The first-order chi connectivity index (χ1) is 4.34. The van der Waals surface area contributed by atoms with Crippen molar-refractivity contribution in [1.82, 2.24) is 0 Å². The fourth-order valence-corrected chi connectivity index (χ4v) is 0.633. The summed E-state index contributed by atoms with van der Waals surface area (Å²) in [6.07, 6.45) is 5.43. The molecule has 1 aliphatic heterocycles.